The van der Waals surface area contributed by atoms with Crippen LogP contribution in [0.25, 0.3) is 11.3 Å². The van der Waals surface area contributed by atoms with Crippen LogP contribution < -0.4 is 19.1 Å². The Morgan fingerprint density at radius 1 is 0.917 bits per heavy atom. The third-order valence-electron chi connectivity index (χ3n) is 5.99. The zero-order chi connectivity index (χ0) is 25.5. The number of anilines is 1. The van der Waals surface area contributed by atoms with Crippen LogP contribution in [0.2, 0.25) is 0 Å². The van der Waals surface area contributed by atoms with Crippen molar-refractivity contribution < 1.29 is 23.8 Å². The Labute approximate surface area is 210 Å². The molecule has 188 valence electrons. The molecule has 36 heavy (non-hydrogen) atoms. The molecule has 0 bridgehead atoms. The van der Waals surface area contributed by atoms with E-state index in [0.717, 1.165) is 22.8 Å². The number of rotatable bonds is 9. The third kappa shape index (κ3) is 5.91. The molecule has 2 aromatic carbocycles. The average Bonchev–Trinajstić information content (AvgIpc) is 2.92. The molecule has 1 aromatic heterocycles. The van der Waals surface area contributed by atoms with Crippen LogP contribution in [0.15, 0.2) is 54.9 Å². The lowest BCUT2D eigenvalue weighted by molar-refractivity contribution is -0.133. The van der Waals surface area contributed by atoms with Crippen molar-refractivity contribution >= 4 is 17.5 Å². The standard InChI is InChI=1S/C27H30N4O5/c1-4-35-22-8-5-20(6-9-22)23-16-26(29-18-28-23)30-11-13-31(14-12-30)27(33)17-36-24-10-7-21(19(2)32)15-25(24)34-3/h5-10,15-16,18H,4,11-14,17H2,1-3H3. The minimum Gasteiger partial charge on any atom is -0.494 e. The second kappa shape index (κ2) is 11.5. The smallest absolute Gasteiger partial charge is 0.260 e. The summed E-state index contributed by atoms with van der Waals surface area (Å²) < 4.78 is 16.5. The largest absolute Gasteiger partial charge is 0.494 e. The van der Waals surface area contributed by atoms with Crippen LogP contribution in [0.1, 0.15) is 24.2 Å². The van der Waals surface area contributed by atoms with Crippen molar-refractivity contribution in [3.05, 3.63) is 60.4 Å². The van der Waals surface area contributed by atoms with Crippen LogP contribution in [-0.2, 0) is 4.79 Å². The van der Waals surface area contributed by atoms with Gasteiger partial charge in [-0.2, -0.15) is 0 Å². The van der Waals surface area contributed by atoms with Crippen molar-refractivity contribution in [2.24, 2.45) is 0 Å². The molecule has 0 N–H and O–H groups in total. The zero-order valence-corrected chi connectivity index (χ0v) is 20.8. The van der Waals surface area contributed by atoms with Crippen molar-refractivity contribution in [1.29, 1.82) is 0 Å². The molecule has 0 saturated carbocycles. The topological polar surface area (TPSA) is 94.1 Å². The Balaban J connectivity index is 1.33. The van der Waals surface area contributed by atoms with Gasteiger partial charge in [0.25, 0.3) is 5.91 Å². The van der Waals surface area contributed by atoms with Gasteiger partial charge in [0.1, 0.15) is 17.9 Å². The summed E-state index contributed by atoms with van der Waals surface area (Å²) in [6.45, 7) is 6.39. The van der Waals surface area contributed by atoms with Crippen LogP contribution >= 0.6 is 0 Å². The van der Waals surface area contributed by atoms with E-state index < -0.39 is 0 Å². The van der Waals surface area contributed by atoms with Crippen molar-refractivity contribution in [3.63, 3.8) is 0 Å². The molecule has 1 aliphatic rings. The molecule has 1 amide bonds. The van der Waals surface area contributed by atoms with Crippen LogP contribution in [0.3, 0.4) is 0 Å². The molecular formula is C27H30N4O5. The highest BCUT2D eigenvalue weighted by Gasteiger charge is 2.23. The summed E-state index contributed by atoms with van der Waals surface area (Å²) in [5, 5.41) is 0. The van der Waals surface area contributed by atoms with Gasteiger partial charge in [-0.3, -0.25) is 9.59 Å². The first-order valence-corrected chi connectivity index (χ1v) is 11.9. The fraction of sp³-hybridized carbons (Fsp3) is 0.333. The molecule has 0 radical (unpaired) electrons. The van der Waals surface area contributed by atoms with Crippen molar-refractivity contribution in [3.8, 4) is 28.5 Å². The number of methoxy groups -OCH3 is 1. The highest BCUT2D eigenvalue weighted by molar-refractivity contribution is 5.94. The number of hydrogen-bond acceptors (Lipinski definition) is 8. The maximum Gasteiger partial charge on any atom is 0.260 e. The van der Waals surface area contributed by atoms with Crippen LogP contribution in [0, 0.1) is 0 Å². The van der Waals surface area contributed by atoms with Crippen molar-refractivity contribution in [2.45, 2.75) is 13.8 Å². The molecule has 0 atom stereocenters. The maximum atomic E-state index is 12.8. The first kappa shape index (κ1) is 25.0. The number of ketones is 1. The third-order valence-corrected chi connectivity index (χ3v) is 5.99. The van der Waals surface area contributed by atoms with E-state index in [0.29, 0.717) is 49.8 Å². The van der Waals surface area contributed by atoms with Gasteiger partial charge in [0.15, 0.2) is 23.9 Å². The van der Waals surface area contributed by atoms with E-state index in [-0.39, 0.29) is 18.3 Å². The fourth-order valence-electron chi connectivity index (χ4n) is 3.99. The normalized spacial score (nSPS) is 13.3. The minimum atomic E-state index is -0.106. The number of amides is 1. The predicted octanol–water partition coefficient (Wildman–Crippen LogP) is 3.48. The SMILES string of the molecule is CCOc1ccc(-c2cc(N3CCN(C(=O)COc4ccc(C(C)=O)cc4OC)CC3)ncn2)cc1. The molecule has 1 fully saturated rings. The summed E-state index contributed by atoms with van der Waals surface area (Å²) in [4.78, 5) is 37.1. The van der Waals surface area contributed by atoms with Gasteiger partial charge in [-0.15, -0.1) is 0 Å². The maximum absolute atomic E-state index is 12.8. The van der Waals surface area contributed by atoms with Gasteiger partial charge < -0.3 is 24.0 Å². The van der Waals surface area contributed by atoms with E-state index in [1.165, 1.54) is 14.0 Å². The summed E-state index contributed by atoms with van der Waals surface area (Å²) in [6, 6.07) is 14.7. The Morgan fingerprint density at radius 3 is 2.33 bits per heavy atom. The Morgan fingerprint density at radius 2 is 1.67 bits per heavy atom. The second-order valence-corrected chi connectivity index (χ2v) is 8.30. The van der Waals surface area contributed by atoms with E-state index in [4.69, 9.17) is 14.2 Å². The Hall–Kier alpha value is -4.14. The average molecular weight is 491 g/mol. The second-order valence-electron chi connectivity index (χ2n) is 8.30. The molecule has 1 saturated heterocycles. The predicted molar refractivity (Wildman–Crippen MR) is 136 cm³/mol. The molecule has 9 nitrogen and oxygen atoms in total. The van der Waals surface area contributed by atoms with Gasteiger partial charge >= 0.3 is 0 Å². The molecule has 4 rings (SSSR count). The number of Topliss-reactive ketones (excluding diaryl/α,β-unsaturated/α-hetero) is 1. The Bertz CT molecular complexity index is 1210. The molecule has 0 aliphatic carbocycles. The number of piperazine rings is 1. The van der Waals surface area contributed by atoms with Gasteiger partial charge in [-0.05, 0) is 56.3 Å². The number of ether oxygens (including phenoxy) is 3. The lowest BCUT2D eigenvalue weighted by Gasteiger charge is -2.35. The minimum absolute atomic E-state index is 0.0657. The number of carbonyl (C=O) groups is 2. The van der Waals surface area contributed by atoms with Gasteiger partial charge in [0.05, 0.1) is 19.4 Å². The van der Waals surface area contributed by atoms with Crippen LogP contribution in [-0.4, -0.2) is 73.1 Å². The molecule has 0 unspecified atom stereocenters. The van der Waals surface area contributed by atoms with E-state index in [2.05, 4.69) is 14.9 Å². The number of hydrogen-bond donors (Lipinski definition) is 0. The highest BCUT2D eigenvalue weighted by atomic mass is 16.5. The quantitative estimate of drug-likeness (QED) is 0.421. The van der Waals surface area contributed by atoms with Crippen LogP contribution in [0.4, 0.5) is 5.82 Å². The van der Waals surface area contributed by atoms with Crippen molar-refractivity contribution in [1.82, 2.24) is 14.9 Å². The van der Waals surface area contributed by atoms with Crippen LogP contribution in [0.5, 0.6) is 17.2 Å². The van der Waals surface area contributed by atoms with E-state index >= 15 is 0 Å². The lowest BCUT2D eigenvalue weighted by Crippen LogP contribution is -2.50. The van der Waals surface area contributed by atoms with E-state index in [1.54, 1.807) is 29.4 Å². The zero-order valence-electron chi connectivity index (χ0n) is 20.8. The summed E-state index contributed by atoms with van der Waals surface area (Å²) >= 11 is 0. The van der Waals surface area contributed by atoms with E-state index in [1.807, 2.05) is 37.3 Å². The van der Waals surface area contributed by atoms with Gasteiger partial charge in [-0.25, -0.2) is 9.97 Å². The monoisotopic (exact) mass is 490 g/mol. The number of benzene rings is 2. The first-order chi connectivity index (χ1) is 17.5. The first-order valence-electron chi connectivity index (χ1n) is 11.9. The van der Waals surface area contributed by atoms with Gasteiger partial charge in [-0.1, -0.05) is 0 Å². The summed E-state index contributed by atoms with van der Waals surface area (Å²) in [5.41, 5.74) is 2.34. The highest BCUT2D eigenvalue weighted by Crippen LogP contribution is 2.28. The summed E-state index contributed by atoms with van der Waals surface area (Å²) in [7, 11) is 1.50. The molecule has 3 aromatic rings. The van der Waals surface area contributed by atoms with Gasteiger partial charge in [0, 0.05) is 43.4 Å². The van der Waals surface area contributed by atoms with Gasteiger partial charge in [0.2, 0.25) is 0 Å². The Kier molecular flexibility index (Phi) is 7.99. The number of aromatic nitrogens is 2. The molecule has 9 heteroatoms. The van der Waals surface area contributed by atoms with Crippen molar-refractivity contribution in [2.75, 3.05) is 51.4 Å². The molecule has 1 aliphatic heterocycles. The molecule has 0 spiro atoms. The lowest BCUT2D eigenvalue weighted by atomic mass is 10.1. The summed E-state index contributed by atoms with van der Waals surface area (Å²) in [5.74, 6) is 2.33. The molecule has 2 heterocycles. The fourth-order valence-corrected chi connectivity index (χ4v) is 3.99. The number of nitrogens with zero attached hydrogens (tertiary/aromatic N) is 4. The van der Waals surface area contributed by atoms with E-state index in [9.17, 15) is 9.59 Å². The molecular weight excluding hydrogens is 460 g/mol. The number of carbonyl (C=O) groups excluding carboxylic acids is 2. The summed E-state index contributed by atoms with van der Waals surface area (Å²) in [6.07, 6.45) is 1.57.